The molecule has 2 N–H and O–H groups in total. The first-order chi connectivity index (χ1) is 9.16. The normalized spacial score (nSPS) is 18.7. The second kappa shape index (κ2) is 7.35. The van der Waals surface area contributed by atoms with Crippen LogP contribution < -0.4 is 5.73 Å². The zero-order valence-corrected chi connectivity index (χ0v) is 13.1. The minimum absolute atomic E-state index is 0.370. The summed E-state index contributed by atoms with van der Waals surface area (Å²) in [5, 5.41) is 0. The monoisotopic (exact) mass is 277 g/mol. The van der Waals surface area contributed by atoms with Crippen molar-refractivity contribution in [3.05, 3.63) is 29.8 Å². The van der Waals surface area contributed by atoms with Gasteiger partial charge in [0, 0.05) is 16.7 Å². The molecule has 0 amide bonds. The molecule has 0 saturated heterocycles. The van der Waals surface area contributed by atoms with Crippen molar-refractivity contribution in [2.45, 2.75) is 62.8 Å². The molecule has 2 rings (SSSR count). The van der Waals surface area contributed by atoms with Gasteiger partial charge in [0.1, 0.15) is 0 Å². The van der Waals surface area contributed by atoms with Crippen LogP contribution in [0.1, 0.15) is 57.4 Å². The van der Waals surface area contributed by atoms with Gasteiger partial charge in [0.05, 0.1) is 0 Å². The zero-order chi connectivity index (χ0) is 13.7. The quantitative estimate of drug-likeness (QED) is 0.782. The Hall–Kier alpha value is -0.470. The van der Waals surface area contributed by atoms with Crippen LogP contribution in [0.4, 0.5) is 0 Å². The van der Waals surface area contributed by atoms with Crippen molar-refractivity contribution < 1.29 is 0 Å². The van der Waals surface area contributed by atoms with E-state index in [2.05, 4.69) is 38.1 Å². The molecule has 0 heterocycles. The summed E-state index contributed by atoms with van der Waals surface area (Å²) in [6.07, 6.45) is 6.85. The van der Waals surface area contributed by atoms with Crippen LogP contribution in [-0.4, -0.2) is 11.8 Å². The van der Waals surface area contributed by atoms with Crippen LogP contribution in [0.15, 0.2) is 29.2 Å². The summed E-state index contributed by atoms with van der Waals surface area (Å²) in [6.45, 7) is 4.47. The lowest BCUT2D eigenvalue weighted by Gasteiger charge is -2.27. The van der Waals surface area contributed by atoms with E-state index >= 15 is 0 Å². The third-order valence-electron chi connectivity index (χ3n) is 4.24. The van der Waals surface area contributed by atoms with E-state index in [1.54, 1.807) is 0 Å². The molecule has 0 aliphatic heterocycles. The second-order valence-electron chi connectivity index (χ2n) is 6.10. The molecule has 1 atom stereocenters. The van der Waals surface area contributed by atoms with E-state index in [4.69, 9.17) is 5.73 Å². The van der Waals surface area contributed by atoms with Gasteiger partial charge in [-0.15, -0.1) is 11.8 Å². The van der Waals surface area contributed by atoms with Crippen LogP contribution in [0.25, 0.3) is 0 Å². The van der Waals surface area contributed by atoms with Crippen molar-refractivity contribution >= 4 is 11.8 Å². The van der Waals surface area contributed by atoms with Crippen molar-refractivity contribution in [3.63, 3.8) is 0 Å². The maximum atomic E-state index is 6.35. The largest absolute Gasteiger partial charge is 0.327 e. The van der Waals surface area contributed by atoms with E-state index in [0.717, 1.165) is 11.7 Å². The lowest BCUT2D eigenvalue weighted by molar-refractivity contribution is 0.319. The number of thioether (sulfide) groups is 1. The Kier molecular flexibility index (Phi) is 5.77. The second-order valence-corrected chi connectivity index (χ2v) is 7.19. The average Bonchev–Trinajstić information content (AvgIpc) is 2.46. The summed E-state index contributed by atoms with van der Waals surface area (Å²) in [5.41, 5.74) is 7.77. The Bertz CT molecular complexity index is 365. The highest BCUT2D eigenvalue weighted by atomic mass is 32.2. The van der Waals surface area contributed by atoms with Crippen molar-refractivity contribution in [2.24, 2.45) is 11.7 Å². The Labute approximate surface area is 122 Å². The highest BCUT2D eigenvalue weighted by molar-refractivity contribution is 7.99. The number of benzene rings is 1. The maximum absolute atomic E-state index is 6.35. The fraction of sp³-hybridized carbons (Fsp3) is 0.647. The Balaban J connectivity index is 1.80. The standard InChI is InChI=1S/C17H27NS/c1-13(2)14-8-10-16(11-9-14)19-12-17(18)15-6-4-3-5-7-15/h8-11,13,15,17H,3-7,12,18H2,1-2H3. The van der Waals surface area contributed by atoms with Crippen LogP contribution >= 0.6 is 11.8 Å². The summed E-state index contributed by atoms with van der Waals surface area (Å²) in [6, 6.07) is 9.36. The third kappa shape index (κ3) is 4.54. The SMILES string of the molecule is CC(C)c1ccc(SCC(N)C2CCCCC2)cc1. The van der Waals surface area contributed by atoms with Crippen LogP contribution in [0.3, 0.4) is 0 Å². The molecule has 1 aliphatic rings. The van der Waals surface area contributed by atoms with E-state index in [-0.39, 0.29) is 0 Å². The molecule has 0 spiro atoms. The molecule has 0 bridgehead atoms. The zero-order valence-electron chi connectivity index (χ0n) is 12.3. The van der Waals surface area contributed by atoms with Gasteiger partial charge in [0.15, 0.2) is 0 Å². The molecule has 1 unspecified atom stereocenters. The van der Waals surface area contributed by atoms with Crippen LogP contribution in [0.2, 0.25) is 0 Å². The van der Waals surface area contributed by atoms with E-state index < -0.39 is 0 Å². The molecule has 0 aromatic heterocycles. The van der Waals surface area contributed by atoms with E-state index in [1.807, 2.05) is 11.8 Å². The van der Waals surface area contributed by atoms with Gasteiger partial charge < -0.3 is 5.73 Å². The van der Waals surface area contributed by atoms with Gasteiger partial charge in [-0.05, 0) is 42.4 Å². The van der Waals surface area contributed by atoms with Gasteiger partial charge in [0.2, 0.25) is 0 Å². The smallest absolute Gasteiger partial charge is 0.0162 e. The van der Waals surface area contributed by atoms with Gasteiger partial charge in [-0.2, -0.15) is 0 Å². The molecule has 19 heavy (non-hydrogen) atoms. The van der Waals surface area contributed by atoms with E-state index in [9.17, 15) is 0 Å². The van der Waals surface area contributed by atoms with Gasteiger partial charge >= 0.3 is 0 Å². The minimum atomic E-state index is 0.370. The van der Waals surface area contributed by atoms with Crippen molar-refractivity contribution in [1.82, 2.24) is 0 Å². The molecular formula is C17H27NS. The first-order valence-electron chi connectivity index (χ1n) is 7.65. The molecule has 2 heteroatoms. The van der Waals surface area contributed by atoms with Crippen molar-refractivity contribution in [2.75, 3.05) is 5.75 Å². The predicted molar refractivity (Wildman–Crippen MR) is 85.8 cm³/mol. The topological polar surface area (TPSA) is 26.0 Å². The van der Waals surface area contributed by atoms with Gasteiger partial charge in [0.25, 0.3) is 0 Å². The van der Waals surface area contributed by atoms with Crippen molar-refractivity contribution in [1.29, 1.82) is 0 Å². The van der Waals surface area contributed by atoms with Crippen molar-refractivity contribution in [3.8, 4) is 0 Å². The summed E-state index contributed by atoms with van der Waals surface area (Å²) in [5.74, 6) is 2.44. The number of hydrogen-bond acceptors (Lipinski definition) is 2. The molecule has 1 fully saturated rings. The summed E-state index contributed by atoms with van der Waals surface area (Å²) >= 11 is 1.92. The lowest BCUT2D eigenvalue weighted by Crippen LogP contribution is -2.33. The van der Waals surface area contributed by atoms with Gasteiger partial charge in [-0.25, -0.2) is 0 Å². The maximum Gasteiger partial charge on any atom is 0.0162 e. The highest BCUT2D eigenvalue weighted by Crippen LogP contribution is 2.29. The first kappa shape index (κ1) is 14.9. The van der Waals surface area contributed by atoms with E-state index in [0.29, 0.717) is 12.0 Å². The first-order valence-corrected chi connectivity index (χ1v) is 8.63. The summed E-state index contributed by atoms with van der Waals surface area (Å²) in [4.78, 5) is 1.36. The van der Waals surface area contributed by atoms with Gasteiger partial charge in [-0.3, -0.25) is 0 Å². The van der Waals surface area contributed by atoms with Crippen LogP contribution in [-0.2, 0) is 0 Å². The van der Waals surface area contributed by atoms with Crippen LogP contribution in [0.5, 0.6) is 0 Å². The fourth-order valence-electron chi connectivity index (χ4n) is 2.84. The highest BCUT2D eigenvalue weighted by Gasteiger charge is 2.20. The molecule has 106 valence electrons. The molecule has 1 aromatic rings. The summed E-state index contributed by atoms with van der Waals surface area (Å²) in [7, 11) is 0. The summed E-state index contributed by atoms with van der Waals surface area (Å²) < 4.78 is 0. The molecule has 1 aromatic carbocycles. The molecule has 1 aliphatic carbocycles. The number of nitrogens with two attached hydrogens (primary N) is 1. The average molecular weight is 277 g/mol. The minimum Gasteiger partial charge on any atom is -0.327 e. The van der Waals surface area contributed by atoms with Gasteiger partial charge in [-0.1, -0.05) is 45.2 Å². The molecular weight excluding hydrogens is 250 g/mol. The fourth-order valence-corrected chi connectivity index (χ4v) is 3.83. The Morgan fingerprint density at radius 3 is 2.32 bits per heavy atom. The Morgan fingerprint density at radius 1 is 1.11 bits per heavy atom. The molecule has 1 nitrogen and oxygen atoms in total. The Morgan fingerprint density at radius 2 is 1.74 bits per heavy atom. The molecule has 0 radical (unpaired) electrons. The number of hydrogen-bond donors (Lipinski definition) is 1. The molecule has 1 saturated carbocycles. The number of rotatable bonds is 5. The lowest BCUT2D eigenvalue weighted by atomic mass is 9.85. The van der Waals surface area contributed by atoms with Crippen LogP contribution in [0, 0.1) is 5.92 Å². The van der Waals surface area contributed by atoms with E-state index in [1.165, 1.54) is 42.6 Å². The predicted octanol–water partition coefficient (Wildman–Crippen LogP) is 4.81. The third-order valence-corrected chi connectivity index (χ3v) is 5.40.